The number of sulfonamides is 1. The largest absolute Gasteiger partial charge is 0.480 e. The molecule has 0 amide bonds. The Balaban J connectivity index is 3.04. The molecule has 2 N–H and O–H groups in total. The summed E-state index contributed by atoms with van der Waals surface area (Å²) in [7, 11) is -4.03. The molecule has 1 rings (SSSR count). The van der Waals surface area contributed by atoms with Crippen LogP contribution in [0.4, 0.5) is 0 Å². The van der Waals surface area contributed by atoms with Crippen LogP contribution in [-0.2, 0) is 14.8 Å². The smallest absolute Gasteiger partial charge is 0.321 e. The van der Waals surface area contributed by atoms with Crippen LogP contribution in [0.5, 0.6) is 0 Å². The summed E-state index contributed by atoms with van der Waals surface area (Å²) in [5.41, 5.74) is -0.0142. The standard InChI is InChI=1S/C13H16N2O4S/c1-2-3-7-11(13(16)17)15-20(18,19)12-8-5-4-6-10(12)9-14/h4-6,8,11,15H,2-3,7H2,1H3,(H,16,17). The molecule has 0 saturated carbocycles. The van der Waals surface area contributed by atoms with Crippen molar-refractivity contribution in [1.29, 1.82) is 5.26 Å². The second-order valence-electron chi connectivity index (χ2n) is 4.26. The maximum atomic E-state index is 12.2. The van der Waals surface area contributed by atoms with Gasteiger partial charge in [-0.1, -0.05) is 31.9 Å². The highest BCUT2D eigenvalue weighted by Gasteiger charge is 2.26. The second kappa shape index (κ2) is 7.03. The number of carboxylic acids is 1. The van der Waals surface area contributed by atoms with E-state index in [-0.39, 0.29) is 16.9 Å². The highest BCUT2D eigenvalue weighted by atomic mass is 32.2. The molecule has 20 heavy (non-hydrogen) atoms. The average Bonchev–Trinajstić information content (AvgIpc) is 2.43. The van der Waals surface area contributed by atoms with Crippen LogP contribution >= 0.6 is 0 Å². The molecule has 0 aromatic heterocycles. The van der Waals surface area contributed by atoms with Gasteiger partial charge in [-0.05, 0) is 18.6 Å². The summed E-state index contributed by atoms with van der Waals surface area (Å²) in [6, 6.07) is 6.27. The SMILES string of the molecule is CCCCC(NS(=O)(=O)c1ccccc1C#N)C(=O)O. The maximum Gasteiger partial charge on any atom is 0.321 e. The zero-order valence-electron chi connectivity index (χ0n) is 11.0. The Hall–Kier alpha value is -1.91. The highest BCUT2D eigenvalue weighted by Crippen LogP contribution is 2.15. The van der Waals surface area contributed by atoms with Crippen molar-refractivity contribution >= 4 is 16.0 Å². The minimum atomic E-state index is -4.03. The third kappa shape index (κ3) is 4.05. The van der Waals surface area contributed by atoms with Gasteiger partial charge in [0, 0.05) is 0 Å². The first-order valence-corrected chi connectivity index (χ1v) is 7.65. The lowest BCUT2D eigenvalue weighted by Crippen LogP contribution is -2.40. The molecule has 1 atom stereocenters. The lowest BCUT2D eigenvalue weighted by atomic mass is 10.1. The number of unbranched alkanes of at least 4 members (excludes halogenated alkanes) is 1. The van der Waals surface area contributed by atoms with Gasteiger partial charge in [0.05, 0.1) is 10.5 Å². The van der Waals surface area contributed by atoms with E-state index >= 15 is 0 Å². The van der Waals surface area contributed by atoms with Crippen LogP contribution < -0.4 is 4.72 Å². The third-order valence-electron chi connectivity index (χ3n) is 2.74. The molecule has 0 spiro atoms. The van der Waals surface area contributed by atoms with Gasteiger partial charge < -0.3 is 5.11 Å². The number of nitrogens with one attached hydrogen (secondary N) is 1. The van der Waals surface area contributed by atoms with E-state index < -0.39 is 22.0 Å². The van der Waals surface area contributed by atoms with Crippen LogP contribution in [0.25, 0.3) is 0 Å². The summed E-state index contributed by atoms with van der Waals surface area (Å²) in [5, 5.41) is 18.0. The van der Waals surface area contributed by atoms with Gasteiger partial charge in [0.1, 0.15) is 12.1 Å². The van der Waals surface area contributed by atoms with Crippen molar-refractivity contribution in [1.82, 2.24) is 4.72 Å². The summed E-state index contributed by atoms with van der Waals surface area (Å²) in [6.07, 6.45) is 1.57. The van der Waals surface area contributed by atoms with Gasteiger partial charge in [0.25, 0.3) is 0 Å². The molecule has 1 unspecified atom stereocenters. The molecule has 0 fully saturated rings. The van der Waals surface area contributed by atoms with Crippen molar-refractivity contribution in [2.45, 2.75) is 37.1 Å². The third-order valence-corrected chi connectivity index (χ3v) is 4.27. The normalized spacial score (nSPS) is 12.6. The molecular weight excluding hydrogens is 280 g/mol. The first kappa shape index (κ1) is 16.1. The molecule has 1 aromatic rings. The number of nitrogens with zero attached hydrogens (tertiary/aromatic N) is 1. The summed E-state index contributed by atoms with van der Waals surface area (Å²) in [6.45, 7) is 1.89. The fourth-order valence-corrected chi connectivity index (χ4v) is 3.07. The van der Waals surface area contributed by atoms with Crippen molar-refractivity contribution in [2.24, 2.45) is 0 Å². The molecule has 0 aliphatic rings. The van der Waals surface area contributed by atoms with Gasteiger partial charge >= 0.3 is 5.97 Å². The Morgan fingerprint density at radius 1 is 1.45 bits per heavy atom. The Morgan fingerprint density at radius 2 is 2.10 bits per heavy atom. The number of rotatable bonds is 7. The molecule has 0 radical (unpaired) electrons. The Labute approximate surface area is 118 Å². The fourth-order valence-electron chi connectivity index (χ4n) is 1.69. The Morgan fingerprint density at radius 3 is 2.65 bits per heavy atom. The zero-order valence-corrected chi connectivity index (χ0v) is 11.9. The highest BCUT2D eigenvalue weighted by molar-refractivity contribution is 7.89. The molecule has 0 bridgehead atoms. The predicted molar refractivity (Wildman–Crippen MR) is 72.4 cm³/mol. The number of carboxylic acid groups (broad SMARTS) is 1. The van der Waals surface area contributed by atoms with Crippen molar-refractivity contribution in [3.63, 3.8) is 0 Å². The molecule has 108 valence electrons. The summed E-state index contributed by atoms with van der Waals surface area (Å²) < 4.78 is 26.5. The van der Waals surface area contributed by atoms with E-state index in [4.69, 9.17) is 10.4 Å². The van der Waals surface area contributed by atoms with E-state index in [9.17, 15) is 13.2 Å². The first-order chi connectivity index (χ1) is 9.42. The summed E-state index contributed by atoms with van der Waals surface area (Å²) in [4.78, 5) is 10.9. The van der Waals surface area contributed by atoms with E-state index in [0.29, 0.717) is 6.42 Å². The number of carbonyl (C=O) groups is 1. The summed E-state index contributed by atoms with van der Waals surface area (Å²) in [5.74, 6) is -1.23. The van der Waals surface area contributed by atoms with Crippen molar-refractivity contribution in [2.75, 3.05) is 0 Å². The van der Waals surface area contributed by atoms with Gasteiger partial charge in [-0.2, -0.15) is 9.98 Å². The van der Waals surface area contributed by atoms with Gasteiger partial charge in [-0.3, -0.25) is 4.79 Å². The van der Waals surface area contributed by atoms with Crippen LogP contribution in [-0.4, -0.2) is 25.5 Å². The fraction of sp³-hybridized carbons (Fsp3) is 0.385. The number of benzene rings is 1. The molecule has 0 heterocycles. The lowest BCUT2D eigenvalue weighted by Gasteiger charge is -2.15. The van der Waals surface area contributed by atoms with Crippen molar-refractivity contribution in [3.8, 4) is 6.07 Å². The van der Waals surface area contributed by atoms with Crippen LogP contribution in [0.15, 0.2) is 29.2 Å². The Kier molecular flexibility index (Phi) is 5.67. The van der Waals surface area contributed by atoms with Gasteiger partial charge in [0.15, 0.2) is 0 Å². The van der Waals surface area contributed by atoms with E-state index in [2.05, 4.69) is 4.72 Å². The maximum absolute atomic E-state index is 12.2. The van der Waals surface area contributed by atoms with Crippen molar-refractivity contribution in [3.05, 3.63) is 29.8 Å². The minimum Gasteiger partial charge on any atom is -0.480 e. The monoisotopic (exact) mass is 296 g/mol. The topological polar surface area (TPSA) is 107 Å². The number of hydrogen-bond acceptors (Lipinski definition) is 4. The first-order valence-electron chi connectivity index (χ1n) is 6.16. The second-order valence-corrected chi connectivity index (χ2v) is 5.94. The molecule has 6 nitrogen and oxygen atoms in total. The zero-order chi connectivity index (χ0) is 15.2. The lowest BCUT2D eigenvalue weighted by molar-refractivity contribution is -0.139. The van der Waals surface area contributed by atoms with Crippen LogP contribution in [0.3, 0.4) is 0 Å². The molecule has 0 aliphatic heterocycles. The molecular formula is C13H16N2O4S. The van der Waals surface area contributed by atoms with Gasteiger partial charge in [0.2, 0.25) is 10.0 Å². The van der Waals surface area contributed by atoms with Crippen LogP contribution in [0, 0.1) is 11.3 Å². The van der Waals surface area contributed by atoms with Gasteiger partial charge in [-0.15, -0.1) is 0 Å². The quantitative estimate of drug-likeness (QED) is 0.792. The van der Waals surface area contributed by atoms with E-state index in [0.717, 1.165) is 6.42 Å². The van der Waals surface area contributed by atoms with E-state index in [1.807, 2.05) is 6.92 Å². The minimum absolute atomic E-state index is 0.0142. The molecule has 0 saturated heterocycles. The van der Waals surface area contributed by atoms with E-state index in [1.54, 1.807) is 12.1 Å². The van der Waals surface area contributed by atoms with E-state index in [1.165, 1.54) is 18.2 Å². The Bertz CT molecular complexity index is 620. The molecule has 1 aromatic carbocycles. The van der Waals surface area contributed by atoms with Gasteiger partial charge in [-0.25, -0.2) is 8.42 Å². The number of hydrogen-bond donors (Lipinski definition) is 2. The van der Waals surface area contributed by atoms with Crippen molar-refractivity contribution < 1.29 is 18.3 Å². The summed E-state index contributed by atoms with van der Waals surface area (Å²) >= 11 is 0. The predicted octanol–water partition coefficient (Wildman–Crippen LogP) is 1.48. The molecule has 7 heteroatoms. The average molecular weight is 296 g/mol. The number of nitriles is 1. The van der Waals surface area contributed by atoms with Crippen LogP contribution in [0.2, 0.25) is 0 Å². The molecule has 0 aliphatic carbocycles. The number of aliphatic carboxylic acids is 1. The van der Waals surface area contributed by atoms with Crippen LogP contribution in [0.1, 0.15) is 31.7 Å².